The van der Waals surface area contributed by atoms with Crippen molar-refractivity contribution in [2.24, 2.45) is 0 Å². The molecule has 9 nitrogen and oxygen atoms in total. The molecule has 2 aliphatic carbocycles. The first-order chi connectivity index (χ1) is 20.6. The summed E-state index contributed by atoms with van der Waals surface area (Å²) < 4.78 is 49.4. The van der Waals surface area contributed by atoms with Gasteiger partial charge < -0.3 is 9.30 Å². The molecular weight excluding hydrogens is 627 g/mol. The molecular formula is C30H25BrF3N7O2. The molecule has 0 unspecified atom stereocenters. The number of imidazole rings is 1. The quantitative estimate of drug-likeness (QED) is 0.199. The lowest BCUT2D eigenvalue weighted by molar-refractivity contribution is -0.140. The number of aryl methyl sites for hydroxylation is 1. The number of methoxy groups -OCH3 is 1. The molecule has 2 saturated carbocycles. The maximum Gasteiger partial charge on any atom is 0.434 e. The Morgan fingerprint density at radius 3 is 2.44 bits per heavy atom. The van der Waals surface area contributed by atoms with Crippen LogP contribution >= 0.6 is 15.9 Å². The van der Waals surface area contributed by atoms with Gasteiger partial charge in [-0.3, -0.25) is 9.36 Å². The van der Waals surface area contributed by atoms with E-state index in [9.17, 15) is 18.0 Å². The fourth-order valence-electron chi connectivity index (χ4n) is 5.33. The highest BCUT2D eigenvalue weighted by Crippen LogP contribution is 2.45. The minimum Gasteiger partial charge on any atom is -0.480 e. The van der Waals surface area contributed by atoms with Crippen LogP contribution in [0.1, 0.15) is 60.2 Å². The summed E-state index contributed by atoms with van der Waals surface area (Å²) in [4.78, 5) is 35.7. The molecule has 4 aromatic heterocycles. The predicted octanol–water partition coefficient (Wildman–Crippen LogP) is 6.47. The van der Waals surface area contributed by atoms with Gasteiger partial charge in [0.05, 0.1) is 23.8 Å². The van der Waals surface area contributed by atoms with E-state index >= 15 is 0 Å². The Balaban J connectivity index is 1.30. The second kappa shape index (κ2) is 10.2. The zero-order valence-electron chi connectivity index (χ0n) is 23.2. The van der Waals surface area contributed by atoms with Crippen LogP contribution in [-0.4, -0.2) is 41.2 Å². The summed E-state index contributed by atoms with van der Waals surface area (Å²) in [6, 6.07) is 7.09. The van der Waals surface area contributed by atoms with Gasteiger partial charge in [0.2, 0.25) is 5.88 Å². The van der Waals surface area contributed by atoms with Crippen molar-refractivity contribution in [1.29, 1.82) is 0 Å². The highest BCUT2D eigenvalue weighted by molar-refractivity contribution is 9.10. The number of nitrogens with zero attached hydrogens (tertiary/aromatic N) is 7. The van der Waals surface area contributed by atoms with Crippen molar-refractivity contribution in [2.45, 2.75) is 57.3 Å². The molecule has 0 atom stereocenters. The second-order valence-electron chi connectivity index (χ2n) is 11.0. The number of alkyl halides is 3. The Hall–Kier alpha value is -4.13. The van der Waals surface area contributed by atoms with Crippen molar-refractivity contribution >= 4 is 27.0 Å². The van der Waals surface area contributed by atoms with Crippen molar-refractivity contribution < 1.29 is 17.9 Å². The van der Waals surface area contributed by atoms with E-state index in [1.165, 1.54) is 13.4 Å². The lowest BCUT2D eigenvalue weighted by atomic mass is 10.1. The Kier molecular flexibility index (Phi) is 6.60. The molecule has 0 bridgehead atoms. The Morgan fingerprint density at radius 2 is 1.79 bits per heavy atom. The fraction of sp³-hybridized carbons (Fsp3) is 0.333. The monoisotopic (exact) mass is 651 g/mol. The van der Waals surface area contributed by atoms with E-state index in [4.69, 9.17) is 9.72 Å². The summed E-state index contributed by atoms with van der Waals surface area (Å²) in [7, 11) is 1.53. The van der Waals surface area contributed by atoms with E-state index in [0.29, 0.717) is 43.9 Å². The van der Waals surface area contributed by atoms with E-state index in [1.807, 2.05) is 6.92 Å². The van der Waals surface area contributed by atoms with Crippen LogP contribution in [0.4, 0.5) is 13.2 Å². The maximum atomic E-state index is 13.6. The first kappa shape index (κ1) is 27.7. The maximum absolute atomic E-state index is 13.6. The van der Waals surface area contributed by atoms with Gasteiger partial charge in [0.25, 0.3) is 5.56 Å². The number of pyridine rings is 1. The average Bonchev–Trinajstić information content (AvgIpc) is 3.95. The lowest BCUT2D eigenvalue weighted by Gasteiger charge is -2.15. The van der Waals surface area contributed by atoms with Crippen LogP contribution in [0.15, 0.2) is 52.3 Å². The summed E-state index contributed by atoms with van der Waals surface area (Å²) >= 11 is 3.45. The zero-order valence-corrected chi connectivity index (χ0v) is 24.8. The molecule has 0 radical (unpaired) electrons. The van der Waals surface area contributed by atoms with Gasteiger partial charge in [0.1, 0.15) is 23.4 Å². The molecule has 0 spiro atoms. The number of aromatic nitrogens is 7. The standard InChI is InChI=1S/C30H25BrF3N7O2/c1-15-20-11-35-25(22-24(17-7-8-17)36-14-37-28(22)43-2)39-27(20)41(29(42)23(15)31)12-16-3-5-18(6-4-16)26-38-21(30(32,33)34)13-40(26)19-9-10-19/h3-6,11,13-14,17,19H,7-10,12H2,1-2H3. The molecule has 5 aromatic rings. The molecule has 2 fully saturated rings. The van der Waals surface area contributed by atoms with Crippen molar-refractivity contribution in [3.63, 3.8) is 0 Å². The van der Waals surface area contributed by atoms with Crippen molar-refractivity contribution in [1.82, 2.24) is 34.1 Å². The minimum atomic E-state index is -4.52. The number of fused-ring (bicyclic) bond motifs is 1. The van der Waals surface area contributed by atoms with Gasteiger partial charge in [-0.25, -0.2) is 24.9 Å². The van der Waals surface area contributed by atoms with E-state index < -0.39 is 11.9 Å². The number of hydrogen-bond donors (Lipinski definition) is 0. The highest BCUT2D eigenvalue weighted by atomic mass is 79.9. The van der Waals surface area contributed by atoms with Gasteiger partial charge in [-0.05, 0) is 59.7 Å². The molecule has 7 rings (SSSR count). The van der Waals surface area contributed by atoms with Crippen molar-refractivity contribution in [3.8, 4) is 28.7 Å². The van der Waals surface area contributed by atoms with Crippen molar-refractivity contribution in [3.05, 3.63) is 80.3 Å². The molecule has 220 valence electrons. The third-order valence-corrected chi connectivity index (χ3v) is 8.86. The number of hydrogen-bond acceptors (Lipinski definition) is 7. The smallest absolute Gasteiger partial charge is 0.434 e. The van der Waals surface area contributed by atoms with Gasteiger partial charge in [-0.2, -0.15) is 13.2 Å². The predicted molar refractivity (Wildman–Crippen MR) is 156 cm³/mol. The fourth-order valence-corrected chi connectivity index (χ4v) is 5.76. The van der Waals surface area contributed by atoms with Crippen LogP contribution in [0, 0.1) is 6.92 Å². The number of ether oxygens (including phenoxy) is 1. The average molecular weight is 652 g/mol. The van der Waals surface area contributed by atoms with Crippen LogP contribution in [0.25, 0.3) is 33.8 Å². The van der Waals surface area contributed by atoms with E-state index in [-0.39, 0.29) is 29.9 Å². The van der Waals surface area contributed by atoms with E-state index in [1.54, 1.807) is 39.6 Å². The molecule has 43 heavy (non-hydrogen) atoms. The lowest BCUT2D eigenvalue weighted by Crippen LogP contribution is -2.24. The van der Waals surface area contributed by atoms with Crippen molar-refractivity contribution in [2.75, 3.05) is 7.11 Å². The Morgan fingerprint density at radius 1 is 1.05 bits per heavy atom. The zero-order chi connectivity index (χ0) is 30.0. The molecule has 0 aliphatic heterocycles. The molecule has 0 saturated heterocycles. The molecule has 13 heteroatoms. The van der Waals surface area contributed by atoms with E-state index in [2.05, 4.69) is 35.9 Å². The van der Waals surface area contributed by atoms with Crippen LogP contribution in [0.2, 0.25) is 0 Å². The summed E-state index contributed by atoms with van der Waals surface area (Å²) in [5.74, 6) is 1.29. The first-order valence-corrected chi connectivity index (χ1v) is 14.6. The molecule has 4 heterocycles. The van der Waals surface area contributed by atoms with Crippen LogP contribution in [0.3, 0.4) is 0 Å². The van der Waals surface area contributed by atoms with Gasteiger partial charge in [0, 0.05) is 35.3 Å². The molecule has 1 aromatic carbocycles. The van der Waals surface area contributed by atoms with Gasteiger partial charge >= 0.3 is 6.18 Å². The topological polar surface area (TPSA) is 101 Å². The van der Waals surface area contributed by atoms with Crippen LogP contribution in [-0.2, 0) is 12.7 Å². The third kappa shape index (κ3) is 4.98. The number of benzene rings is 1. The minimum absolute atomic E-state index is 0.0241. The van der Waals surface area contributed by atoms with E-state index in [0.717, 1.165) is 43.1 Å². The van der Waals surface area contributed by atoms with Gasteiger partial charge in [0.15, 0.2) is 11.5 Å². The summed E-state index contributed by atoms with van der Waals surface area (Å²) in [6.07, 6.45) is 3.39. The van der Waals surface area contributed by atoms with Gasteiger partial charge in [-0.1, -0.05) is 24.3 Å². The number of halogens is 4. The second-order valence-corrected chi connectivity index (χ2v) is 11.8. The molecule has 2 aliphatic rings. The SMILES string of the molecule is COc1ncnc(C2CC2)c1-c1ncc2c(C)c(Br)c(=O)n(Cc3ccc(-c4nc(C(F)(F)F)cn4C4CC4)cc3)c2n1. The summed E-state index contributed by atoms with van der Waals surface area (Å²) in [6.45, 7) is 2.00. The highest BCUT2D eigenvalue weighted by Gasteiger charge is 2.37. The number of rotatable bonds is 7. The van der Waals surface area contributed by atoms with Crippen LogP contribution in [0.5, 0.6) is 5.88 Å². The Bertz CT molecular complexity index is 1950. The normalized spacial score (nSPS) is 15.3. The molecule has 0 N–H and O–H groups in total. The Labute approximate surface area is 252 Å². The van der Waals surface area contributed by atoms with Crippen LogP contribution < -0.4 is 10.3 Å². The molecule has 0 amide bonds. The first-order valence-electron chi connectivity index (χ1n) is 13.8. The van der Waals surface area contributed by atoms with Gasteiger partial charge in [-0.15, -0.1) is 0 Å². The summed E-state index contributed by atoms with van der Waals surface area (Å²) in [5.41, 5.74) is 2.75. The summed E-state index contributed by atoms with van der Waals surface area (Å²) in [5, 5.41) is 0.696. The third-order valence-electron chi connectivity index (χ3n) is 7.93. The largest absolute Gasteiger partial charge is 0.480 e.